The van der Waals surface area contributed by atoms with Gasteiger partial charge in [0.2, 0.25) is 0 Å². The van der Waals surface area contributed by atoms with Crippen molar-refractivity contribution in [1.82, 2.24) is 9.88 Å². The highest BCUT2D eigenvalue weighted by Gasteiger charge is 2.47. The summed E-state index contributed by atoms with van der Waals surface area (Å²) in [6, 6.07) is 24.9. The fourth-order valence-electron chi connectivity index (χ4n) is 11.6. The molecule has 0 radical (unpaired) electrons. The highest BCUT2D eigenvalue weighted by atomic mass is 16.5. The van der Waals surface area contributed by atoms with Crippen molar-refractivity contribution in [3.63, 3.8) is 0 Å². The number of rotatable bonds is 4. The summed E-state index contributed by atoms with van der Waals surface area (Å²) in [5.41, 5.74) is 16.5. The molecule has 1 aromatic heterocycles. The van der Waals surface area contributed by atoms with Gasteiger partial charge in [-0.05, 0) is 127 Å². The van der Waals surface area contributed by atoms with Crippen LogP contribution in [0, 0.1) is 29.6 Å². The highest BCUT2D eigenvalue weighted by Crippen LogP contribution is 2.52. The van der Waals surface area contributed by atoms with E-state index in [1.807, 2.05) is 30.4 Å². The lowest BCUT2D eigenvalue weighted by atomic mass is 9.57. The van der Waals surface area contributed by atoms with E-state index in [4.69, 9.17) is 19.9 Å². The van der Waals surface area contributed by atoms with Gasteiger partial charge in [-0.3, -0.25) is 0 Å². The second-order valence-electron chi connectivity index (χ2n) is 18.9. The average Bonchev–Trinajstić information content (AvgIpc) is 3.74. The van der Waals surface area contributed by atoms with Gasteiger partial charge in [0.05, 0.1) is 31.6 Å². The number of aromatic hydroxyl groups is 2. The number of aliphatic hydroxyl groups excluding tert-OH is 1. The van der Waals surface area contributed by atoms with E-state index < -0.39 is 12.3 Å². The van der Waals surface area contributed by atoms with Gasteiger partial charge >= 0.3 is 0 Å². The predicted molar refractivity (Wildman–Crippen MR) is 249 cm³/mol. The lowest BCUT2D eigenvalue weighted by molar-refractivity contribution is 0.00497. The zero-order valence-electron chi connectivity index (χ0n) is 36.3. The maximum atomic E-state index is 11.9. The Morgan fingerprint density at radius 3 is 2.73 bits per heavy atom. The van der Waals surface area contributed by atoms with E-state index in [1.54, 1.807) is 18.2 Å². The number of aliphatic hydroxyl groups is 1. The Bertz CT molecular complexity index is 2760. The number of phenols is 2. The second-order valence-corrected chi connectivity index (χ2v) is 18.9. The fraction of sp³-hybridized carbons (Fsp3) is 0.382. The number of hydrogen-bond acceptors (Lipinski definition) is 8. The number of fused-ring (bicyclic) bond motifs is 5. The fourth-order valence-corrected chi connectivity index (χ4v) is 11.6. The van der Waals surface area contributed by atoms with Gasteiger partial charge in [-0.2, -0.15) is 0 Å². The number of ether oxygens (including phenoxy) is 3. The van der Waals surface area contributed by atoms with E-state index in [9.17, 15) is 15.3 Å². The number of phenolic OH excluding ortho intramolecular Hbond substituents is 2. The molecule has 7 atom stereocenters. The van der Waals surface area contributed by atoms with Crippen molar-refractivity contribution in [2.45, 2.75) is 94.6 Å². The van der Waals surface area contributed by atoms with Crippen molar-refractivity contribution in [3.8, 4) is 29.1 Å². The molecule has 7 aliphatic rings. The van der Waals surface area contributed by atoms with Crippen LogP contribution < -0.4 is 15.8 Å². The van der Waals surface area contributed by atoms with E-state index in [1.165, 1.54) is 22.3 Å². The van der Waals surface area contributed by atoms with E-state index in [2.05, 4.69) is 76.6 Å². The summed E-state index contributed by atoms with van der Waals surface area (Å²) in [6.45, 7) is 1.95. The van der Waals surface area contributed by atoms with Crippen LogP contribution in [0.2, 0.25) is 0 Å². The first kappa shape index (κ1) is 41.0. The molecule has 1 fully saturated rings. The minimum absolute atomic E-state index is 0.0991. The Hall–Kier alpha value is -5.76. The molecular formula is C55H57N3O6. The van der Waals surface area contributed by atoms with Crippen molar-refractivity contribution in [2.75, 3.05) is 19.8 Å². The number of aryl methyl sites for hydroxylation is 2. The molecule has 6 heterocycles. The largest absolute Gasteiger partial charge is 0.508 e. The quantitative estimate of drug-likeness (QED) is 0.114. The van der Waals surface area contributed by atoms with Crippen LogP contribution in [0.3, 0.4) is 0 Å². The van der Waals surface area contributed by atoms with Gasteiger partial charge in [-0.25, -0.2) is 0 Å². The molecule has 64 heavy (non-hydrogen) atoms. The monoisotopic (exact) mass is 855 g/mol. The summed E-state index contributed by atoms with van der Waals surface area (Å²) in [7, 11) is 0. The molecule has 0 amide bonds. The molecular weight excluding hydrogens is 799 g/mol. The van der Waals surface area contributed by atoms with Crippen LogP contribution in [0.4, 0.5) is 0 Å². The molecule has 0 saturated carbocycles. The number of aromatic nitrogens is 1. The van der Waals surface area contributed by atoms with Gasteiger partial charge in [0.1, 0.15) is 18.2 Å². The normalized spacial score (nSPS) is 27.5. The van der Waals surface area contributed by atoms with Crippen LogP contribution in [0.1, 0.15) is 83.9 Å². The topological polar surface area (TPSA) is 131 Å². The van der Waals surface area contributed by atoms with Crippen molar-refractivity contribution in [3.05, 3.63) is 147 Å². The number of nitrogens with zero attached hydrogens (tertiary/aromatic N) is 1. The van der Waals surface area contributed by atoms with Crippen molar-refractivity contribution >= 4 is 22.7 Å². The Morgan fingerprint density at radius 2 is 1.83 bits per heavy atom. The van der Waals surface area contributed by atoms with Crippen LogP contribution in [0.25, 0.3) is 22.7 Å². The van der Waals surface area contributed by atoms with Crippen LogP contribution in [0.5, 0.6) is 17.2 Å². The molecule has 5 aliphatic heterocycles. The van der Waals surface area contributed by atoms with Crippen molar-refractivity contribution in [1.29, 1.82) is 0 Å². The molecule has 4 aromatic carbocycles. The first-order valence-electron chi connectivity index (χ1n) is 23.3. The summed E-state index contributed by atoms with van der Waals surface area (Å²) in [4.78, 5) is 0. The summed E-state index contributed by atoms with van der Waals surface area (Å²) in [5, 5.41) is 38.9. The summed E-state index contributed by atoms with van der Waals surface area (Å²) < 4.78 is 22.1. The first-order valence-corrected chi connectivity index (χ1v) is 23.3. The summed E-state index contributed by atoms with van der Waals surface area (Å²) >= 11 is 0. The second kappa shape index (κ2) is 17.0. The third-order valence-electron chi connectivity index (χ3n) is 15.1. The van der Waals surface area contributed by atoms with Crippen molar-refractivity contribution < 1.29 is 29.5 Å². The van der Waals surface area contributed by atoms with E-state index in [0.29, 0.717) is 37.7 Å². The Balaban J connectivity index is 1.07. The van der Waals surface area contributed by atoms with E-state index in [0.717, 1.165) is 102 Å². The average molecular weight is 856 g/mol. The SMILES string of the molecule is NC1C=C2C#CC(CCc3ccc(O)cc3)CCCC3CC(O)C4C=Cc5c(ccc(O)c5OCc5cc(C67CCOCC6CCc6ccccc67)cc6cn(cc56)C(=C2CO3)N1)C4. The van der Waals surface area contributed by atoms with Crippen LogP contribution >= 0.6 is 0 Å². The van der Waals surface area contributed by atoms with Crippen molar-refractivity contribution in [2.24, 2.45) is 23.5 Å². The zero-order chi connectivity index (χ0) is 43.4. The molecule has 7 unspecified atom stereocenters. The van der Waals surface area contributed by atoms with Crippen LogP contribution in [-0.4, -0.2) is 58.1 Å². The predicted octanol–water partition coefficient (Wildman–Crippen LogP) is 8.65. The minimum Gasteiger partial charge on any atom is -0.508 e. The van der Waals surface area contributed by atoms with Gasteiger partial charge in [0, 0.05) is 70.2 Å². The van der Waals surface area contributed by atoms with E-state index >= 15 is 0 Å². The third-order valence-corrected chi connectivity index (χ3v) is 15.1. The number of benzene rings is 4. The van der Waals surface area contributed by atoms with Gasteiger partial charge in [-0.1, -0.05) is 72.5 Å². The van der Waals surface area contributed by atoms with Crippen LogP contribution in [-0.2, 0) is 40.8 Å². The summed E-state index contributed by atoms with van der Waals surface area (Å²) in [5.74, 6) is 9.29. The Morgan fingerprint density at radius 1 is 0.938 bits per heavy atom. The smallest absolute Gasteiger partial charge is 0.168 e. The minimum atomic E-state index is -0.638. The van der Waals surface area contributed by atoms with Gasteiger partial charge in [0.15, 0.2) is 11.5 Å². The standard InChI is InChI=1S/C55H57N3O6/c56-52-27-38-13-10-34(8-9-35-11-18-44(59)19-12-35)4-3-6-45-28-51(61)39-15-20-46-37(24-39)16-21-50(60)53(46)64-31-41-26-43(25-40-29-58(30-47(40)41)54(57-52)48(38)33-63-45)55-22-23-62-32-42(55)17-14-36-5-1-2-7-49(36)55/h1-2,5,7,11-12,15-16,18-21,25-27,29-30,34,39,42,45,51-52,57,59-61H,3-4,6,8-9,14,17,22-24,28,31-33,56H2. The molecule has 328 valence electrons. The Kier molecular flexibility index (Phi) is 10.9. The summed E-state index contributed by atoms with van der Waals surface area (Å²) in [6.07, 6.45) is 17.6. The van der Waals surface area contributed by atoms with Gasteiger partial charge in [-0.15, -0.1) is 0 Å². The van der Waals surface area contributed by atoms with Crippen LogP contribution in [0.15, 0.2) is 108 Å². The number of nitrogens with one attached hydrogen (secondary N) is 1. The van der Waals surface area contributed by atoms with Gasteiger partial charge in [0.25, 0.3) is 0 Å². The lowest BCUT2D eigenvalue weighted by Gasteiger charge is -2.49. The van der Waals surface area contributed by atoms with E-state index in [-0.39, 0.29) is 41.5 Å². The molecule has 5 aromatic rings. The molecule has 12 rings (SSSR count). The third kappa shape index (κ3) is 7.60. The molecule has 0 spiro atoms. The molecule has 1 saturated heterocycles. The molecule has 6 N–H and O–H groups in total. The Labute approximate surface area is 375 Å². The number of hydrogen-bond donors (Lipinski definition) is 5. The lowest BCUT2D eigenvalue weighted by Crippen LogP contribution is -2.47. The molecule has 2 aliphatic carbocycles. The molecule has 9 heteroatoms. The maximum Gasteiger partial charge on any atom is 0.168 e. The number of dihydropyridines is 1. The molecule has 8 bridgehead atoms. The highest BCUT2D eigenvalue weighted by molar-refractivity contribution is 5.89. The molecule has 9 nitrogen and oxygen atoms in total. The number of nitrogens with two attached hydrogens (primary N) is 1. The maximum absolute atomic E-state index is 11.9. The first-order chi connectivity index (χ1) is 31.3. The zero-order valence-corrected chi connectivity index (χ0v) is 36.3. The van der Waals surface area contributed by atoms with Gasteiger partial charge < -0.3 is 45.1 Å².